The van der Waals surface area contributed by atoms with E-state index in [-0.39, 0.29) is 44.9 Å². The van der Waals surface area contributed by atoms with Gasteiger partial charge >= 0.3 is 19.8 Å². The Morgan fingerprint density at radius 1 is 0.673 bits per heavy atom. The number of carbonyl (C=O) groups excluding carboxylic acids is 3. The van der Waals surface area contributed by atoms with E-state index in [1.807, 2.05) is 20.8 Å². The van der Waals surface area contributed by atoms with Crippen molar-refractivity contribution in [2.45, 2.75) is 188 Å². The number of rotatable bonds is 35. The second-order valence-corrected chi connectivity index (χ2v) is 15.0. The molecular weight excluding hydrogens is 649 g/mol. The zero-order valence-electron chi connectivity index (χ0n) is 31.7. The first-order valence-electron chi connectivity index (χ1n) is 19.3. The van der Waals surface area contributed by atoms with Gasteiger partial charge in [0, 0.05) is 32.4 Å². The second kappa shape index (κ2) is 31.2. The lowest BCUT2D eigenvalue weighted by molar-refractivity contribution is -0.161. The summed E-state index contributed by atoms with van der Waals surface area (Å²) in [5.41, 5.74) is -0.424. The maximum absolute atomic E-state index is 12.6. The van der Waals surface area contributed by atoms with Crippen molar-refractivity contribution in [1.82, 2.24) is 5.32 Å². The first kappa shape index (κ1) is 47.5. The van der Waals surface area contributed by atoms with Gasteiger partial charge in [0.25, 0.3) is 0 Å². The third-order valence-electron chi connectivity index (χ3n) is 8.29. The molecule has 0 aliphatic carbocycles. The Morgan fingerprint density at radius 2 is 1.16 bits per heavy atom. The molecule has 0 rings (SSSR count). The Labute approximate surface area is 298 Å². The van der Waals surface area contributed by atoms with Gasteiger partial charge < -0.3 is 24.4 Å². The van der Waals surface area contributed by atoms with Crippen LogP contribution in [0.5, 0.6) is 0 Å². The second-order valence-electron chi connectivity index (χ2n) is 13.6. The highest BCUT2D eigenvalue weighted by molar-refractivity contribution is 7.47. The molecular formula is C37H72NO10P. The molecule has 2 atom stereocenters. The minimum atomic E-state index is -4.53. The number of nitrogens with one attached hydrogen (secondary N) is 1. The van der Waals surface area contributed by atoms with Crippen molar-refractivity contribution in [2.24, 2.45) is 0 Å². The van der Waals surface area contributed by atoms with Gasteiger partial charge in [-0.15, -0.1) is 0 Å². The Morgan fingerprint density at radius 3 is 1.67 bits per heavy atom. The fraction of sp³-hybridized carbons (Fsp3) is 0.919. The summed E-state index contributed by atoms with van der Waals surface area (Å²) in [4.78, 5) is 47.3. The van der Waals surface area contributed by atoms with Crippen LogP contribution in [-0.4, -0.2) is 67.4 Å². The Balaban J connectivity index is 4.65. The number of hydrogen-bond donors (Lipinski definition) is 2. The predicted molar refractivity (Wildman–Crippen MR) is 194 cm³/mol. The molecule has 0 radical (unpaired) electrons. The van der Waals surface area contributed by atoms with E-state index in [4.69, 9.17) is 23.3 Å². The lowest BCUT2D eigenvalue weighted by atomic mass is 10.0. The lowest BCUT2D eigenvalue weighted by Crippen LogP contribution is -2.31. The average Bonchev–Trinajstić information content (AvgIpc) is 3.05. The summed E-state index contributed by atoms with van der Waals surface area (Å²) in [5, 5.41) is 2.64. The Bertz CT molecular complexity index is 885. The number of carbonyl (C=O) groups is 3. The summed E-state index contributed by atoms with van der Waals surface area (Å²) < 4.78 is 39.0. The van der Waals surface area contributed by atoms with Crippen molar-refractivity contribution >= 4 is 25.7 Å². The van der Waals surface area contributed by atoms with Gasteiger partial charge in [-0.05, 0) is 40.0 Å². The molecule has 0 fully saturated rings. The molecule has 0 bridgehead atoms. The molecule has 0 aromatic heterocycles. The first-order valence-corrected chi connectivity index (χ1v) is 20.8. The SMILES string of the molecule is CCCCCCCCCCCC(=O)OC[C@H](COP(=O)(O)OCCNC(=O)CCC(C)(C)OCC)OC(=O)CCCCCCCCCCC. The van der Waals surface area contributed by atoms with Crippen LogP contribution in [0.3, 0.4) is 0 Å². The number of phosphoric acid groups is 1. The van der Waals surface area contributed by atoms with Gasteiger partial charge in [0.2, 0.25) is 5.91 Å². The molecule has 0 aliphatic rings. The fourth-order valence-corrected chi connectivity index (χ4v) is 6.06. The van der Waals surface area contributed by atoms with Crippen molar-refractivity contribution in [3.05, 3.63) is 0 Å². The Kier molecular flexibility index (Phi) is 30.3. The van der Waals surface area contributed by atoms with Crippen LogP contribution in [0.25, 0.3) is 0 Å². The quantitative estimate of drug-likeness (QED) is 0.0369. The maximum Gasteiger partial charge on any atom is 0.472 e. The van der Waals surface area contributed by atoms with E-state index in [1.165, 1.54) is 64.2 Å². The van der Waals surface area contributed by atoms with E-state index < -0.39 is 38.1 Å². The highest BCUT2D eigenvalue weighted by atomic mass is 31.2. The molecule has 1 unspecified atom stereocenters. The smallest absolute Gasteiger partial charge is 0.462 e. The third-order valence-corrected chi connectivity index (χ3v) is 9.27. The average molecular weight is 722 g/mol. The summed E-state index contributed by atoms with van der Waals surface area (Å²) in [7, 11) is -4.53. The third kappa shape index (κ3) is 32.2. The van der Waals surface area contributed by atoms with Gasteiger partial charge in [-0.2, -0.15) is 0 Å². The molecule has 290 valence electrons. The topological polar surface area (TPSA) is 147 Å². The van der Waals surface area contributed by atoms with Gasteiger partial charge in [-0.1, -0.05) is 117 Å². The van der Waals surface area contributed by atoms with Crippen LogP contribution < -0.4 is 5.32 Å². The maximum atomic E-state index is 12.6. The van der Waals surface area contributed by atoms with E-state index in [0.29, 0.717) is 25.9 Å². The van der Waals surface area contributed by atoms with Crippen molar-refractivity contribution in [1.29, 1.82) is 0 Å². The van der Waals surface area contributed by atoms with E-state index in [0.717, 1.165) is 38.5 Å². The zero-order valence-corrected chi connectivity index (χ0v) is 32.6. The molecule has 0 aromatic rings. The normalized spacial score (nSPS) is 13.5. The summed E-state index contributed by atoms with van der Waals surface area (Å²) in [5.74, 6) is -1.12. The van der Waals surface area contributed by atoms with Gasteiger partial charge in [-0.3, -0.25) is 23.4 Å². The van der Waals surface area contributed by atoms with Gasteiger partial charge in [0.15, 0.2) is 6.10 Å². The van der Waals surface area contributed by atoms with Crippen molar-refractivity contribution < 1.29 is 47.1 Å². The lowest BCUT2D eigenvalue weighted by Gasteiger charge is -2.24. The number of esters is 2. The number of unbranched alkanes of at least 4 members (excludes halogenated alkanes) is 16. The van der Waals surface area contributed by atoms with E-state index in [1.54, 1.807) is 0 Å². The van der Waals surface area contributed by atoms with Crippen LogP contribution >= 0.6 is 7.82 Å². The van der Waals surface area contributed by atoms with Gasteiger partial charge in [0.05, 0.1) is 18.8 Å². The molecule has 1 amide bonds. The van der Waals surface area contributed by atoms with Crippen LogP contribution in [-0.2, 0) is 42.2 Å². The zero-order chi connectivity index (χ0) is 36.6. The number of hydrogen-bond acceptors (Lipinski definition) is 9. The Hall–Kier alpha value is -1.52. The van der Waals surface area contributed by atoms with Crippen molar-refractivity contribution in [2.75, 3.05) is 33.0 Å². The monoisotopic (exact) mass is 721 g/mol. The molecule has 0 saturated carbocycles. The molecule has 0 spiro atoms. The molecule has 0 aromatic carbocycles. The standard InChI is InChI=1S/C37H72NO10P/c1-6-9-11-13-15-17-19-21-23-25-35(40)44-31-33(48-36(41)26-24-22-20-18-16-14-12-10-7-2)32-47-49(42,43)46-30-29-38-34(39)27-28-37(4,5)45-8-3/h33H,6-32H2,1-5H3,(H,38,39)(H,42,43)/t33-/m1/s1. The number of ether oxygens (including phenoxy) is 3. The minimum Gasteiger partial charge on any atom is -0.462 e. The summed E-state index contributed by atoms with van der Waals surface area (Å²) in [6.07, 6.45) is 20.3. The van der Waals surface area contributed by atoms with Gasteiger partial charge in [0.1, 0.15) is 6.61 Å². The molecule has 0 heterocycles. The first-order chi connectivity index (χ1) is 23.4. The van der Waals surface area contributed by atoms with Crippen LogP contribution in [0, 0.1) is 0 Å². The highest BCUT2D eigenvalue weighted by Gasteiger charge is 2.26. The molecule has 2 N–H and O–H groups in total. The molecule has 0 saturated heterocycles. The molecule has 11 nitrogen and oxygen atoms in total. The number of phosphoric ester groups is 1. The summed E-state index contributed by atoms with van der Waals surface area (Å²) in [6, 6.07) is 0. The fourth-order valence-electron chi connectivity index (χ4n) is 5.31. The van der Waals surface area contributed by atoms with E-state index in [9.17, 15) is 23.8 Å². The van der Waals surface area contributed by atoms with Crippen molar-refractivity contribution in [3.63, 3.8) is 0 Å². The van der Waals surface area contributed by atoms with Crippen LogP contribution in [0.4, 0.5) is 0 Å². The van der Waals surface area contributed by atoms with Gasteiger partial charge in [-0.25, -0.2) is 4.57 Å². The minimum absolute atomic E-state index is 0.00936. The molecule has 49 heavy (non-hydrogen) atoms. The summed E-state index contributed by atoms with van der Waals surface area (Å²) in [6.45, 7) is 9.65. The summed E-state index contributed by atoms with van der Waals surface area (Å²) >= 11 is 0. The van der Waals surface area contributed by atoms with Crippen LogP contribution in [0.2, 0.25) is 0 Å². The predicted octanol–water partition coefficient (Wildman–Crippen LogP) is 9.13. The molecule has 12 heteroatoms. The highest BCUT2D eigenvalue weighted by Crippen LogP contribution is 2.43. The van der Waals surface area contributed by atoms with Crippen molar-refractivity contribution in [3.8, 4) is 0 Å². The van der Waals surface area contributed by atoms with Crippen LogP contribution in [0.15, 0.2) is 0 Å². The molecule has 0 aliphatic heterocycles. The van der Waals surface area contributed by atoms with E-state index in [2.05, 4.69) is 19.2 Å². The number of amides is 1. The van der Waals surface area contributed by atoms with Crippen LogP contribution in [0.1, 0.15) is 176 Å². The largest absolute Gasteiger partial charge is 0.472 e. The van der Waals surface area contributed by atoms with E-state index >= 15 is 0 Å².